The average molecular weight is 240 g/mol. The number of fused-ring (bicyclic) bond motifs is 1. The van der Waals surface area contributed by atoms with Crippen molar-refractivity contribution < 1.29 is 9.47 Å². The molecule has 0 saturated heterocycles. The number of rotatable bonds is 3. The van der Waals surface area contributed by atoms with Crippen molar-refractivity contribution in [2.24, 2.45) is 0 Å². The van der Waals surface area contributed by atoms with Crippen LogP contribution in [0.4, 0.5) is 0 Å². The lowest BCUT2D eigenvalue weighted by molar-refractivity contribution is -0.181. The summed E-state index contributed by atoms with van der Waals surface area (Å²) in [6.07, 6.45) is 9.53. The highest BCUT2D eigenvalue weighted by molar-refractivity contribution is 5.89. The second-order valence-electron chi connectivity index (χ2n) is 4.00. The summed E-state index contributed by atoms with van der Waals surface area (Å²) in [7, 11) is 3.26. The van der Waals surface area contributed by atoms with Gasteiger partial charge in [-0.1, -0.05) is 42.3 Å². The van der Waals surface area contributed by atoms with Gasteiger partial charge >= 0.3 is 0 Å². The van der Waals surface area contributed by atoms with Crippen molar-refractivity contribution in [2.75, 3.05) is 14.2 Å². The minimum absolute atomic E-state index is 0.826. The summed E-state index contributed by atoms with van der Waals surface area (Å²) in [5, 5.41) is 0. The fraction of sp³-hybridized carbons (Fsp3) is 0.250. The van der Waals surface area contributed by atoms with Crippen LogP contribution in [0.5, 0.6) is 0 Å². The Morgan fingerprint density at radius 3 is 2.44 bits per heavy atom. The third-order valence-corrected chi connectivity index (χ3v) is 3.23. The van der Waals surface area contributed by atoms with E-state index >= 15 is 0 Å². The molecule has 0 atom stereocenters. The lowest BCUT2D eigenvalue weighted by Gasteiger charge is -2.29. The van der Waals surface area contributed by atoms with Gasteiger partial charge in [0.25, 0.3) is 0 Å². The Bertz CT molecular complexity index is 555. The number of allylic oxidation sites excluding steroid dienone is 2. The van der Waals surface area contributed by atoms with E-state index in [-0.39, 0.29) is 0 Å². The van der Waals surface area contributed by atoms with E-state index < -0.39 is 5.79 Å². The van der Waals surface area contributed by atoms with Gasteiger partial charge in [0.1, 0.15) is 0 Å². The number of hydrogen-bond donors (Lipinski definition) is 0. The molecule has 1 aromatic carbocycles. The van der Waals surface area contributed by atoms with Gasteiger partial charge in [-0.25, -0.2) is 0 Å². The fourth-order valence-electron chi connectivity index (χ4n) is 2.48. The third-order valence-electron chi connectivity index (χ3n) is 3.23. The van der Waals surface area contributed by atoms with Crippen molar-refractivity contribution in [1.82, 2.24) is 0 Å². The Kier molecular flexibility index (Phi) is 3.38. The van der Waals surface area contributed by atoms with Gasteiger partial charge in [-0.2, -0.15) is 0 Å². The molecular weight excluding hydrogens is 224 g/mol. The fourth-order valence-corrected chi connectivity index (χ4v) is 2.48. The molecule has 1 aromatic rings. The molecule has 92 valence electrons. The molecule has 1 aliphatic rings. The quantitative estimate of drug-likeness (QED) is 0.597. The van der Waals surface area contributed by atoms with E-state index in [1.807, 2.05) is 43.3 Å². The molecule has 0 radical (unpaired) electrons. The van der Waals surface area contributed by atoms with Gasteiger partial charge in [0, 0.05) is 30.9 Å². The molecule has 0 aromatic heterocycles. The van der Waals surface area contributed by atoms with Crippen LogP contribution in [0.1, 0.15) is 18.1 Å². The van der Waals surface area contributed by atoms with Crippen LogP contribution >= 0.6 is 0 Å². The van der Waals surface area contributed by atoms with E-state index in [4.69, 9.17) is 15.9 Å². The maximum atomic E-state index is 5.65. The summed E-state index contributed by atoms with van der Waals surface area (Å²) < 4.78 is 11.3. The molecule has 0 spiro atoms. The molecule has 0 amide bonds. The highest BCUT2D eigenvalue weighted by Gasteiger charge is 2.44. The topological polar surface area (TPSA) is 18.5 Å². The van der Waals surface area contributed by atoms with E-state index in [2.05, 4.69) is 5.92 Å². The van der Waals surface area contributed by atoms with Crippen LogP contribution in [-0.2, 0) is 15.3 Å². The summed E-state index contributed by atoms with van der Waals surface area (Å²) >= 11 is 0. The summed E-state index contributed by atoms with van der Waals surface area (Å²) in [5.74, 6) is 1.85. The molecular formula is C16H16O2. The zero-order valence-corrected chi connectivity index (χ0v) is 10.9. The Labute approximate surface area is 108 Å². The molecule has 0 aliphatic heterocycles. The maximum Gasteiger partial charge on any atom is 0.223 e. The lowest BCUT2D eigenvalue weighted by atomic mass is 10.0. The van der Waals surface area contributed by atoms with Crippen LogP contribution in [0, 0.1) is 12.3 Å². The second kappa shape index (κ2) is 4.81. The van der Waals surface area contributed by atoms with Crippen molar-refractivity contribution >= 4 is 5.57 Å². The van der Waals surface area contributed by atoms with Gasteiger partial charge in [-0.15, -0.1) is 6.42 Å². The van der Waals surface area contributed by atoms with Gasteiger partial charge in [0.15, 0.2) is 0 Å². The van der Waals surface area contributed by atoms with Crippen LogP contribution in [-0.4, -0.2) is 14.2 Å². The van der Waals surface area contributed by atoms with Crippen LogP contribution in [0.3, 0.4) is 0 Å². The van der Waals surface area contributed by atoms with Crippen LogP contribution < -0.4 is 0 Å². The molecule has 2 nitrogen and oxygen atoms in total. The van der Waals surface area contributed by atoms with Gasteiger partial charge in [0.05, 0.1) is 0 Å². The first kappa shape index (κ1) is 12.6. The average Bonchev–Trinajstić information content (AvgIpc) is 2.69. The number of benzene rings is 1. The molecule has 2 rings (SSSR count). The molecule has 0 bridgehead atoms. The highest BCUT2D eigenvalue weighted by atomic mass is 16.7. The molecule has 0 unspecified atom stereocenters. The number of ether oxygens (including phenoxy) is 2. The summed E-state index contributed by atoms with van der Waals surface area (Å²) in [6, 6.07) is 7.90. The standard InChI is InChI=1S/C16H16O2/c1-5-9-14-12(6-2)13-10-7-8-11-15(13)16(14,17-3)18-4/h2,5,7-11H,1,3-4H3/b9-5-. The van der Waals surface area contributed by atoms with Crippen LogP contribution in [0.2, 0.25) is 0 Å². The normalized spacial score (nSPS) is 17.0. The molecule has 2 heteroatoms. The number of terminal acetylenes is 1. The highest BCUT2D eigenvalue weighted by Crippen LogP contribution is 2.47. The summed E-state index contributed by atoms with van der Waals surface area (Å²) in [4.78, 5) is 0. The first-order chi connectivity index (χ1) is 8.75. The molecule has 0 saturated carbocycles. The van der Waals surface area contributed by atoms with Crippen molar-refractivity contribution in [3.8, 4) is 12.3 Å². The van der Waals surface area contributed by atoms with Gasteiger partial charge in [-0.3, -0.25) is 0 Å². The Morgan fingerprint density at radius 1 is 1.22 bits per heavy atom. The number of methoxy groups -OCH3 is 2. The molecule has 18 heavy (non-hydrogen) atoms. The Morgan fingerprint density at radius 2 is 1.89 bits per heavy atom. The number of hydrogen-bond acceptors (Lipinski definition) is 2. The smallest absolute Gasteiger partial charge is 0.223 e. The zero-order chi connectivity index (χ0) is 13.2. The minimum atomic E-state index is -0.898. The van der Waals surface area contributed by atoms with Crippen molar-refractivity contribution in [1.29, 1.82) is 0 Å². The first-order valence-electron chi connectivity index (χ1n) is 5.79. The van der Waals surface area contributed by atoms with Crippen molar-refractivity contribution in [3.63, 3.8) is 0 Å². The lowest BCUT2D eigenvalue weighted by Crippen LogP contribution is -2.30. The molecule has 0 N–H and O–H groups in total. The first-order valence-corrected chi connectivity index (χ1v) is 5.79. The van der Waals surface area contributed by atoms with Gasteiger partial charge in [-0.05, 0) is 12.5 Å². The van der Waals surface area contributed by atoms with E-state index in [1.54, 1.807) is 14.2 Å². The molecule has 0 fully saturated rings. The van der Waals surface area contributed by atoms with Gasteiger partial charge in [0.2, 0.25) is 5.79 Å². The zero-order valence-electron chi connectivity index (χ0n) is 10.9. The van der Waals surface area contributed by atoms with Crippen molar-refractivity contribution in [2.45, 2.75) is 12.7 Å². The predicted molar refractivity (Wildman–Crippen MR) is 72.7 cm³/mol. The molecule has 1 aliphatic carbocycles. The second-order valence-corrected chi connectivity index (χ2v) is 4.00. The van der Waals surface area contributed by atoms with Crippen LogP contribution in [0.15, 0.2) is 42.0 Å². The SMILES string of the molecule is C#CC1=C(/C=C\C)C(OC)(OC)c2ccccc21. The van der Waals surface area contributed by atoms with E-state index in [0.29, 0.717) is 0 Å². The third kappa shape index (κ3) is 1.53. The maximum absolute atomic E-state index is 5.65. The van der Waals surface area contributed by atoms with Crippen molar-refractivity contribution in [3.05, 3.63) is 53.1 Å². The van der Waals surface area contributed by atoms with E-state index in [0.717, 1.165) is 22.3 Å². The Balaban J connectivity index is 2.80. The predicted octanol–water partition coefficient (Wildman–Crippen LogP) is 3.11. The Hall–Kier alpha value is -1.82. The van der Waals surface area contributed by atoms with E-state index in [9.17, 15) is 0 Å². The summed E-state index contributed by atoms with van der Waals surface area (Å²) in [6.45, 7) is 1.94. The van der Waals surface area contributed by atoms with E-state index in [1.165, 1.54) is 0 Å². The largest absolute Gasteiger partial charge is 0.346 e. The van der Waals surface area contributed by atoms with Crippen LogP contribution in [0.25, 0.3) is 5.57 Å². The monoisotopic (exact) mass is 240 g/mol. The van der Waals surface area contributed by atoms with Gasteiger partial charge < -0.3 is 9.47 Å². The molecule has 0 heterocycles. The minimum Gasteiger partial charge on any atom is -0.346 e. The summed E-state index contributed by atoms with van der Waals surface area (Å²) in [5.41, 5.74) is 3.65.